The number of aryl methyl sites for hydroxylation is 1. The summed E-state index contributed by atoms with van der Waals surface area (Å²) in [5, 5.41) is 0. The maximum Gasteiger partial charge on any atom is 0.0948 e. The Balaban J connectivity index is 2.83. The molecule has 0 aliphatic rings. The van der Waals surface area contributed by atoms with Crippen molar-refractivity contribution in [3.63, 3.8) is 0 Å². The van der Waals surface area contributed by atoms with Gasteiger partial charge in [-0.3, -0.25) is 4.90 Å². The second kappa shape index (κ2) is 7.03. The topological polar surface area (TPSA) is 47.1 Å². The lowest BCUT2D eigenvalue weighted by Crippen LogP contribution is -2.39. The maximum atomic E-state index is 5.93. The Hall–Kier alpha value is -0.520. The minimum Gasteiger partial charge on any atom is -0.333 e. The van der Waals surface area contributed by atoms with E-state index in [1.807, 2.05) is 24.3 Å². The van der Waals surface area contributed by atoms with E-state index in [1.54, 1.807) is 0 Å². The van der Waals surface area contributed by atoms with E-state index in [4.69, 9.17) is 5.73 Å². The molecule has 17 heavy (non-hydrogen) atoms. The van der Waals surface area contributed by atoms with Crippen molar-refractivity contribution in [1.29, 1.82) is 0 Å². The van der Waals surface area contributed by atoms with Crippen LogP contribution in [0.4, 0.5) is 0 Å². The van der Waals surface area contributed by atoms with Crippen LogP contribution >= 0.6 is 11.8 Å². The Bertz CT molecular complexity index is 326. The zero-order chi connectivity index (χ0) is 12.8. The molecule has 2 N–H and O–H groups in total. The molecular weight excluding hydrogens is 232 g/mol. The number of aromatic nitrogens is 2. The second-order valence-corrected chi connectivity index (χ2v) is 5.24. The summed E-state index contributed by atoms with van der Waals surface area (Å²) >= 11 is 1.87. The van der Waals surface area contributed by atoms with E-state index in [2.05, 4.69) is 41.6 Å². The standard InChI is InChI=1S/C12H24N4S/c1-5-16-9-14-7-12(16)11(6-13)15(3)10(2)8-17-4/h7,9-11H,5-6,8,13H2,1-4H3. The smallest absolute Gasteiger partial charge is 0.0948 e. The van der Waals surface area contributed by atoms with Gasteiger partial charge in [0.05, 0.1) is 18.1 Å². The molecule has 0 saturated heterocycles. The van der Waals surface area contributed by atoms with Gasteiger partial charge in [-0.05, 0) is 27.2 Å². The van der Waals surface area contributed by atoms with Crippen LogP contribution in [-0.2, 0) is 6.54 Å². The first-order valence-electron chi connectivity index (χ1n) is 6.06. The Kier molecular flexibility index (Phi) is 6.02. The summed E-state index contributed by atoms with van der Waals surface area (Å²) in [5.41, 5.74) is 7.15. The van der Waals surface area contributed by atoms with Gasteiger partial charge in [0.1, 0.15) is 0 Å². The first kappa shape index (κ1) is 14.5. The SMILES string of the molecule is CCn1cncc1C(CN)N(C)C(C)CSC. The monoisotopic (exact) mass is 256 g/mol. The summed E-state index contributed by atoms with van der Waals surface area (Å²) in [6, 6.07) is 0.762. The first-order chi connectivity index (χ1) is 8.15. The number of hydrogen-bond donors (Lipinski definition) is 1. The molecule has 0 aliphatic carbocycles. The molecule has 1 rings (SSSR count). The van der Waals surface area contributed by atoms with Crippen LogP contribution in [0.25, 0.3) is 0 Å². The van der Waals surface area contributed by atoms with E-state index in [0.29, 0.717) is 12.6 Å². The van der Waals surface area contributed by atoms with Gasteiger partial charge in [-0.2, -0.15) is 11.8 Å². The number of hydrogen-bond acceptors (Lipinski definition) is 4. The third-order valence-electron chi connectivity index (χ3n) is 3.24. The lowest BCUT2D eigenvalue weighted by molar-refractivity contribution is 0.197. The average molecular weight is 256 g/mol. The highest BCUT2D eigenvalue weighted by atomic mass is 32.2. The van der Waals surface area contributed by atoms with Crippen molar-refractivity contribution in [3.8, 4) is 0 Å². The largest absolute Gasteiger partial charge is 0.333 e. The van der Waals surface area contributed by atoms with E-state index in [1.165, 1.54) is 5.69 Å². The summed E-state index contributed by atoms with van der Waals surface area (Å²) in [7, 11) is 2.14. The lowest BCUT2D eigenvalue weighted by atomic mass is 10.1. The second-order valence-electron chi connectivity index (χ2n) is 4.33. The van der Waals surface area contributed by atoms with E-state index in [-0.39, 0.29) is 6.04 Å². The van der Waals surface area contributed by atoms with Gasteiger partial charge >= 0.3 is 0 Å². The Morgan fingerprint density at radius 3 is 2.82 bits per heavy atom. The minimum atomic E-state index is 0.250. The van der Waals surface area contributed by atoms with Gasteiger partial charge in [0.15, 0.2) is 0 Å². The molecule has 0 saturated carbocycles. The molecule has 4 nitrogen and oxygen atoms in total. The first-order valence-corrected chi connectivity index (χ1v) is 7.46. The molecule has 0 bridgehead atoms. The normalized spacial score (nSPS) is 15.2. The third-order valence-corrected chi connectivity index (χ3v) is 4.06. The van der Waals surface area contributed by atoms with Crippen molar-refractivity contribution in [1.82, 2.24) is 14.5 Å². The molecule has 0 fully saturated rings. The molecule has 1 aromatic rings. The molecule has 2 atom stereocenters. The van der Waals surface area contributed by atoms with Gasteiger partial charge in [-0.1, -0.05) is 0 Å². The highest BCUT2D eigenvalue weighted by molar-refractivity contribution is 7.98. The molecule has 0 radical (unpaired) electrons. The van der Waals surface area contributed by atoms with E-state index in [9.17, 15) is 0 Å². The van der Waals surface area contributed by atoms with E-state index < -0.39 is 0 Å². The van der Waals surface area contributed by atoms with Gasteiger partial charge in [0.25, 0.3) is 0 Å². The number of thioether (sulfide) groups is 1. The van der Waals surface area contributed by atoms with Crippen LogP contribution in [0.1, 0.15) is 25.6 Å². The van der Waals surface area contributed by atoms with E-state index in [0.717, 1.165) is 12.3 Å². The van der Waals surface area contributed by atoms with Crippen LogP contribution < -0.4 is 5.73 Å². The van der Waals surface area contributed by atoms with Crippen LogP contribution in [0.2, 0.25) is 0 Å². The third kappa shape index (κ3) is 3.47. The predicted molar refractivity (Wildman–Crippen MR) is 75.3 cm³/mol. The van der Waals surface area contributed by atoms with Crippen molar-refractivity contribution in [2.24, 2.45) is 5.73 Å². The van der Waals surface area contributed by atoms with Crippen LogP contribution in [-0.4, -0.2) is 46.1 Å². The summed E-state index contributed by atoms with van der Waals surface area (Å²) in [5.74, 6) is 1.12. The molecule has 0 spiro atoms. The van der Waals surface area contributed by atoms with Crippen LogP contribution in [0, 0.1) is 0 Å². The number of likely N-dealkylation sites (N-methyl/N-ethyl adjacent to an activating group) is 1. The van der Waals surface area contributed by atoms with Gasteiger partial charge in [0, 0.05) is 31.1 Å². The number of imidazole rings is 1. The maximum absolute atomic E-state index is 5.93. The zero-order valence-corrected chi connectivity index (χ0v) is 12.1. The predicted octanol–water partition coefficient (Wildman–Crippen LogP) is 1.59. The van der Waals surface area contributed by atoms with Gasteiger partial charge in [0.2, 0.25) is 0 Å². The van der Waals surface area contributed by atoms with E-state index >= 15 is 0 Å². The van der Waals surface area contributed by atoms with Crippen molar-refractivity contribution in [2.45, 2.75) is 32.5 Å². The highest BCUT2D eigenvalue weighted by Gasteiger charge is 2.22. The molecule has 5 heteroatoms. The van der Waals surface area contributed by atoms with Crippen LogP contribution in [0.3, 0.4) is 0 Å². The molecule has 2 unspecified atom stereocenters. The lowest BCUT2D eigenvalue weighted by Gasteiger charge is -2.32. The summed E-state index contributed by atoms with van der Waals surface area (Å²) in [6.07, 6.45) is 5.95. The van der Waals surface area contributed by atoms with Gasteiger partial charge < -0.3 is 10.3 Å². The molecule has 98 valence electrons. The number of nitrogens with zero attached hydrogens (tertiary/aromatic N) is 3. The van der Waals surface area contributed by atoms with Crippen LogP contribution in [0.5, 0.6) is 0 Å². The van der Waals surface area contributed by atoms with Crippen molar-refractivity contribution in [3.05, 3.63) is 18.2 Å². The average Bonchev–Trinajstić information content (AvgIpc) is 2.78. The Labute approximate surface area is 109 Å². The highest BCUT2D eigenvalue weighted by Crippen LogP contribution is 2.21. The molecule has 0 aliphatic heterocycles. The van der Waals surface area contributed by atoms with Crippen LogP contribution in [0.15, 0.2) is 12.5 Å². The van der Waals surface area contributed by atoms with Crippen molar-refractivity contribution < 1.29 is 0 Å². The summed E-state index contributed by atoms with van der Waals surface area (Å²) in [6.45, 7) is 5.94. The van der Waals surface area contributed by atoms with Crippen molar-refractivity contribution >= 4 is 11.8 Å². The molecule has 1 heterocycles. The summed E-state index contributed by atoms with van der Waals surface area (Å²) in [4.78, 5) is 6.57. The van der Waals surface area contributed by atoms with Gasteiger partial charge in [-0.25, -0.2) is 4.98 Å². The quantitative estimate of drug-likeness (QED) is 0.805. The molecule has 1 aromatic heterocycles. The molecule has 0 aromatic carbocycles. The number of rotatable bonds is 7. The summed E-state index contributed by atoms with van der Waals surface area (Å²) < 4.78 is 2.17. The Morgan fingerprint density at radius 2 is 2.29 bits per heavy atom. The fourth-order valence-corrected chi connectivity index (χ4v) is 2.75. The molecule has 0 amide bonds. The van der Waals surface area contributed by atoms with Gasteiger partial charge in [-0.15, -0.1) is 0 Å². The molecular formula is C12H24N4S. The Morgan fingerprint density at radius 1 is 1.59 bits per heavy atom. The zero-order valence-electron chi connectivity index (χ0n) is 11.3. The fourth-order valence-electron chi connectivity index (χ4n) is 2.03. The van der Waals surface area contributed by atoms with Crippen molar-refractivity contribution in [2.75, 3.05) is 25.6 Å². The minimum absolute atomic E-state index is 0.250. The number of nitrogens with two attached hydrogens (primary N) is 1. The fraction of sp³-hybridized carbons (Fsp3) is 0.750.